The summed E-state index contributed by atoms with van der Waals surface area (Å²) in [6.45, 7) is 3.94. The van der Waals surface area contributed by atoms with E-state index < -0.39 is 10.0 Å². The van der Waals surface area contributed by atoms with E-state index in [0.29, 0.717) is 50.5 Å². The quantitative estimate of drug-likeness (QED) is 0.781. The molecular weight excluding hydrogens is 344 g/mol. The summed E-state index contributed by atoms with van der Waals surface area (Å²) in [6.07, 6.45) is 1.54. The maximum atomic E-state index is 12.6. The first-order valence-corrected chi connectivity index (χ1v) is 10.2. The van der Waals surface area contributed by atoms with E-state index in [1.165, 1.54) is 4.31 Å². The molecule has 0 aromatic heterocycles. The van der Waals surface area contributed by atoms with Gasteiger partial charge in [0.05, 0.1) is 12.2 Å². The minimum atomic E-state index is -3.21. The van der Waals surface area contributed by atoms with Crippen molar-refractivity contribution in [3.05, 3.63) is 23.8 Å². The molecule has 2 aliphatic rings. The summed E-state index contributed by atoms with van der Waals surface area (Å²) in [6, 6.07) is 5.50. The van der Waals surface area contributed by atoms with Crippen molar-refractivity contribution in [1.82, 2.24) is 9.21 Å². The highest BCUT2D eigenvalue weighted by Gasteiger charge is 2.26. The minimum Gasteiger partial charge on any atom is -0.454 e. The topological polar surface area (TPSA) is 76.2 Å². The van der Waals surface area contributed by atoms with Gasteiger partial charge in [0.15, 0.2) is 11.5 Å². The molecule has 1 saturated heterocycles. The zero-order valence-corrected chi connectivity index (χ0v) is 15.3. The normalized spacial score (nSPS) is 18.2. The zero-order chi connectivity index (χ0) is 17.9. The lowest BCUT2D eigenvalue weighted by molar-refractivity contribution is -0.130. The molecule has 0 N–H and O–H groups in total. The van der Waals surface area contributed by atoms with Crippen LogP contribution in [0.25, 0.3) is 0 Å². The molecule has 0 atom stereocenters. The molecular formula is C17H24N2O5S. The average Bonchev–Trinajstić information content (AvgIpc) is 2.88. The van der Waals surface area contributed by atoms with Gasteiger partial charge in [0.2, 0.25) is 22.7 Å². The number of nitrogens with zero attached hydrogens (tertiary/aromatic N) is 2. The molecule has 0 bridgehead atoms. The zero-order valence-electron chi connectivity index (χ0n) is 14.4. The summed E-state index contributed by atoms with van der Waals surface area (Å²) in [5, 5.41) is 0. The van der Waals surface area contributed by atoms with E-state index in [4.69, 9.17) is 9.47 Å². The van der Waals surface area contributed by atoms with Crippen LogP contribution < -0.4 is 9.47 Å². The van der Waals surface area contributed by atoms with Crippen LogP contribution >= 0.6 is 0 Å². The first kappa shape index (κ1) is 18.0. The van der Waals surface area contributed by atoms with Crippen molar-refractivity contribution >= 4 is 15.9 Å². The Labute approximate surface area is 148 Å². The maximum absolute atomic E-state index is 12.6. The lowest BCUT2D eigenvalue weighted by Crippen LogP contribution is -2.38. The number of fused-ring (bicyclic) bond motifs is 1. The minimum absolute atomic E-state index is 0.00797. The summed E-state index contributed by atoms with van der Waals surface area (Å²) in [7, 11) is -3.21. The lowest BCUT2D eigenvalue weighted by atomic mass is 10.1. The number of sulfonamides is 1. The molecule has 2 aliphatic heterocycles. The Morgan fingerprint density at radius 2 is 1.92 bits per heavy atom. The molecule has 0 saturated carbocycles. The standard InChI is InChI=1S/C17H24N2O5S/c1-2-10-25(21,22)19-7-3-6-18(8-9-19)17(20)12-14-4-5-15-16(11-14)24-13-23-15/h4-5,11H,2-3,6-10,12-13H2,1H3. The van der Waals surface area contributed by atoms with Crippen molar-refractivity contribution in [3.63, 3.8) is 0 Å². The van der Waals surface area contributed by atoms with Crippen molar-refractivity contribution in [3.8, 4) is 11.5 Å². The van der Waals surface area contributed by atoms with Gasteiger partial charge in [-0.3, -0.25) is 4.79 Å². The van der Waals surface area contributed by atoms with Gasteiger partial charge >= 0.3 is 0 Å². The first-order chi connectivity index (χ1) is 12.0. The number of carbonyl (C=O) groups excluding carboxylic acids is 1. The van der Waals surface area contributed by atoms with Crippen LogP contribution in [0.5, 0.6) is 11.5 Å². The molecule has 1 aromatic rings. The fraction of sp³-hybridized carbons (Fsp3) is 0.588. The van der Waals surface area contributed by atoms with Crippen LogP contribution in [-0.4, -0.2) is 62.3 Å². The van der Waals surface area contributed by atoms with Gasteiger partial charge in [0.1, 0.15) is 0 Å². The SMILES string of the molecule is CCCS(=O)(=O)N1CCCN(C(=O)Cc2ccc3c(c2)OCO3)CC1. The number of amides is 1. The summed E-state index contributed by atoms with van der Waals surface area (Å²) in [4.78, 5) is 14.3. The molecule has 1 fully saturated rings. The summed E-state index contributed by atoms with van der Waals surface area (Å²) >= 11 is 0. The van der Waals surface area contributed by atoms with E-state index in [0.717, 1.165) is 5.56 Å². The molecule has 8 heteroatoms. The van der Waals surface area contributed by atoms with E-state index >= 15 is 0 Å². The number of carbonyl (C=O) groups is 1. The second-order valence-corrected chi connectivity index (χ2v) is 8.40. The van der Waals surface area contributed by atoms with Crippen molar-refractivity contribution in [2.45, 2.75) is 26.2 Å². The molecule has 1 aromatic carbocycles. The van der Waals surface area contributed by atoms with Crippen LogP contribution in [0, 0.1) is 0 Å². The maximum Gasteiger partial charge on any atom is 0.231 e. The summed E-state index contributed by atoms with van der Waals surface area (Å²) in [5.74, 6) is 1.53. The second-order valence-electron chi connectivity index (χ2n) is 6.31. The Balaban J connectivity index is 1.60. The predicted molar refractivity (Wildman–Crippen MR) is 93.1 cm³/mol. The molecule has 0 spiro atoms. The van der Waals surface area contributed by atoms with Gasteiger partial charge in [-0.1, -0.05) is 13.0 Å². The van der Waals surface area contributed by atoms with E-state index in [1.807, 2.05) is 25.1 Å². The highest BCUT2D eigenvalue weighted by Crippen LogP contribution is 2.32. The van der Waals surface area contributed by atoms with Crippen molar-refractivity contribution in [2.75, 3.05) is 38.7 Å². The van der Waals surface area contributed by atoms with Crippen LogP contribution in [0.2, 0.25) is 0 Å². The van der Waals surface area contributed by atoms with Crippen LogP contribution in [0.4, 0.5) is 0 Å². The third-order valence-corrected chi connectivity index (χ3v) is 6.53. The molecule has 25 heavy (non-hydrogen) atoms. The molecule has 0 unspecified atom stereocenters. The number of ether oxygens (including phenoxy) is 2. The van der Waals surface area contributed by atoms with Crippen LogP contribution in [-0.2, 0) is 21.2 Å². The molecule has 7 nitrogen and oxygen atoms in total. The monoisotopic (exact) mass is 368 g/mol. The van der Waals surface area contributed by atoms with Gasteiger partial charge in [0.25, 0.3) is 0 Å². The molecule has 138 valence electrons. The smallest absolute Gasteiger partial charge is 0.231 e. The van der Waals surface area contributed by atoms with E-state index in [1.54, 1.807) is 4.90 Å². The van der Waals surface area contributed by atoms with E-state index in [2.05, 4.69) is 0 Å². The third-order valence-electron chi connectivity index (χ3n) is 4.46. The largest absolute Gasteiger partial charge is 0.454 e. The van der Waals surface area contributed by atoms with Crippen molar-refractivity contribution in [1.29, 1.82) is 0 Å². The van der Waals surface area contributed by atoms with Gasteiger partial charge in [-0.05, 0) is 30.5 Å². The number of rotatable bonds is 5. The van der Waals surface area contributed by atoms with Gasteiger partial charge in [-0.15, -0.1) is 0 Å². The molecule has 0 aliphatic carbocycles. The molecule has 3 rings (SSSR count). The summed E-state index contributed by atoms with van der Waals surface area (Å²) in [5.41, 5.74) is 0.869. The lowest BCUT2D eigenvalue weighted by Gasteiger charge is -2.22. The number of hydrogen-bond donors (Lipinski definition) is 0. The summed E-state index contributed by atoms with van der Waals surface area (Å²) < 4.78 is 36.6. The van der Waals surface area contributed by atoms with Crippen LogP contribution in [0.3, 0.4) is 0 Å². The van der Waals surface area contributed by atoms with Crippen molar-refractivity contribution in [2.24, 2.45) is 0 Å². The molecule has 2 heterocycles. The second kappa shape index (κ2) is 7.61. The van der Waals surface area contributed by atoms with Crippen LogP contribution in [0.15, 0.2) is 18.2 Å². The van der Waals surface area contributed by atoms with E-state index in [-0.39, 0.29) is 24.9 Å². The predicted octanol–water partition coefficient (Wildman–Crippen LogP) is 1.23. The van der Waals surface area contributed by atoms with Crippen LogP contribution in [0.1, 0.15) is 25.3 Å². The Hall–Kier alpha value is -1.80. The Kier molecular flexibility index (Phi) is 5.48. The van der Waals surface area contributed by atoms with E-state index in [9.17, 15) is 13.2 Å². The van der Waals surface area contributed by atoms with Crippen molar-refractivity contribution < 1.29 is 22.7 Å². The van der Waals surface area contributed by atoms with Gasteiger partial charge in [-0.25, -0.2) is 12.7 Å². The molecule has 0 radical (unpaired) electrons. The Bertz CT molecular complexity index is 735. The fourth-order valence-corrected chi connectivity index (χ4v) is 4.69. The number of benzene rings is 1. The first-order valence-electron chi connectivity index (χ1n) is 8.64. The third kappa shape index (κ3) is 4.24. The Morgan fingerprint density at radius 1 is 1.12 bits per heavy atom. The van der Waals surface area contributed by atoms with Gasteiger partial charge in [-0.2, -0.15) is 0 Å². The Morgan fingerprint density at radius 3 is 2.72 bits per heavy atom. The fourth-order valence-electron chi connectivity index (χ4n) is 3.15. The molecule has 1 amide bonds. The average molecular weight is 368 g/mol. The highest BCUT2D eigenvalue weighted by atomic mass is 32.2. The number of hydrogen-bond acceptors (Lipinski definition) is 5. The van der Waals surface area contributed by atoms with Gasteiger partial charge < -0.3 is 14.4 Å². The van der Waals surface area contributed by atoms with Gasteiger partial charge in [0, 0.05) is 26.2 Å². The highest BCUT2D eigenvalue weighted by molar-refractivity contribution is 7.89.